The first-order chi connectivity index (χ1) is 11.7. The Kier molecular flexibility index (Phi) is 4.94. The summed E-state index contributed by atoms with van der Waals surface area (Å²) in [5.41, 5.74) is 4.11. The number of rotatable bonds is 4. The molecule has 0 N–H and O–H groups in total. The lowest BCUT2D eigenvalue weighted by atomic mass is 10.00. The Hall–Kier alpha value is -3.04. The largest absolute Gasteiger partial charge is 0.369 e. The fourth-order valence-corrected chi connectivity index (χ4v) is 2.69. The van der Waals surface area contributed by atoms with Gasteiger partial charge in [-0.3, -0.25) is 4.79 Å². The second-order valence-corrected chi connectivity index (χ2v) is 5.67. The van der Waals surface area contributed by atoms with Crippen LogP contribution in [0, 0.1) is 0 Å². The van der Waals surface area contributed by atoms with Gasteiger partial charge in [0.25, 0.3) is 0 Å². The van der Waals surface area contributed by atoms with Gasteiger partial charge in [-0.1, -0.05) is 49.0 Å². The fourth-order valence-electron chi connectivity index (χ4n) is 2.69. The van der Waals surface area contributed by atoms with Crippen molar-refractivity contribution in [2.75, 3.05) is 13.1 Å². The first-order valence-electron chi connectivity index (χ1n) is 7.90. The third-order valence-corrected chi connectivity index (χ3v) is 4.05. The highest BCUT2D eigenvalue weighted by Crippen LogP contribution is 2.20. The summed E-state index contributed by atoms with van der Waals surface area (Å²) in [7, 11) is 0. The lowest BCUT2D eigenvalue weighted by Gasteiger charge is -2.30. The summed E-state index contributed by atoms with van der Waals surface area (Å²) in [6, 6.07) is 17.3. The summed E-state index contributed by atoms with van der Waals surface area (Å²) in [5.74, 6) is -0.392. The van der Waals surface area contributed by atoms with Crippen LogP contribution in [-0.4, -0.2) is 23.9 Å². The summed E-state index contributed by atoms with van der Waals surface area (Å²) >= 11 is 0. The summed E-state index contributed by atoms with van der Waals surface area (Å²) in [6.45, 7) is 6.17. The molecule has 5 heteroatoms. The van der Waals surface area contributed by atoms with Crippen molar-refractivity contribution < 1.29 is 4.79 Å². The molecule has 0 bridgehead atoms. The number of fused-ring (bicyclic) bond motifs is 1. The molecule has 24 heavy (non-hydrogen) atoms. The first-order valence-corrected chi connectivity index (χ1v) is 7.90. The van der Waals surface area contributed by atoms with Crippen LogP contribution in [0.1, 0.15) is 21.5 Å². The number of amides is 1. The smallest absolute Gasteiger partial charge is 0.360 e. The van der Waals surface area contributed by atoms with Crippen LogP contribution < -0.4 is 4.91 Å². The summed E-state index contributed by atoms with van der Waals surface area (Å²) in [5, 5.41) is 7.57. The van der Waals surface area contributed by atoms with E-state index in [1.54, 1.807) is 24.3 Å². The molecular formula is C19H19N4O+. The molecule has 0 radical (unpaired) electrons. The number of hydrogen-bond acceptors (Lipinski definition) is 3. The quantitative estimate of drug-likeness (QED) is 0.641. The van der Waals surface area contributed by atoms with Crippen molar-refractivity contribution in [3.8, 4) is 0 Å². The van der Waals surface area contributed by atoms with Crippen LogP contribution in [-0.2, 0) is 13.0 Å². The highest BCUT2D eigenvalue weighted by Gasteiger charge is 2.17. The van der Waals surface area contributed by atoms with Crippen molar-refractivity contribution in [2.45, 2.75) is 13.0 Å². The molecule has 5 nitrogen and oxygen atoms in total. The molecule has 2 aromatic carbocycles. The molecule has 0 unspecified atom stereocenters. The maximum atomic E-state index is 11.8. The van der Waals surface area contributed by atoms with Gasteiger partial charge < -0.3 is 4.90 Å². The fraction of sp³-hybridized carbons (Fsp3) is 0.211. The Labute approximate surface area is 141 Å². The Morgan fingerprint density at radius 2 is 1.79 bits per heavy atom. The minimum atomic E-state index is -0.392. The predicted octanol–water partition coefficient (Wildman–Crippen LogP) is 3.37. The Morgan fingerprint density at radius 1 is 1.08 bits per heavy atom. The van der Waals surface area contributed by atoms with Crippen LogP contribution >= 0.6 is 0 Å². The standard InChI is InChI=1S/C19H19N4O/c1-15(23-12-11-16-7-5-6-10-18(16)14-23)13-20-22-21-19(24)17-8-3-2-4-9-17/h2-10H,1,11-14H2/q+1. The molecule has 120 valence electrons. The molecule has 2 aromatic rings. The maximum absolute atomic E-state index is 11.8. The molecule has 3 rings (SSSR count). The SMILES string of the molecule is C=C(CN=[N+]=NC(=O)c1ccccc1)N1CCc2ccccc2C1. The third-order valence-electron chi connectivity index (χ3n) is 4.05. The van der Waals surface area contributed by atoms with Gasteiger partial charge in [0.1, 0.15) is 5.11 Å². The van der Waals surface area contributed by atoms with Gasteiger partial charge in [-0.25, -0.2) is 0 Å². The van der Waals surface area contributed by atoms with Gasteiger partial charge in [0.2, 0.25) is 10.0 Å². The van der Waals surface area contributed by atoms with Crippen LogP contribution in [0.4, 0.5) is 0 Å². The average molecular weight is 319 g/mol. The number of carbonyl (C=O) groups is 1. The van der Waals surface area contributed by atoms with Gasteiger partial charge in [-0.2, -0.15) is 0 Å². The van der Waals surface area contributed by atoms with E-state index in [0.717, 1.165) is 25.2 Å². The zero-order valence-electron chi connectivity index (χ0n) is 13.4. The van der Waals surface area contributed by atoms with E-state index in [-0.39, 0.29) is 0 Å². The first kappa shape index (κ1) is 15.8. The van der Waals surface area contributed by atoms with Gasteiger partial charge in [-0.15, -0.1) is 0 Å². The monoisotopic (exact) mass is 319 g/mol. The number of nitrogens with zero attached hydrogens (tertiary/aromatic N) is 4. The van der Waals surface area contributed by atoms with Gasteiger partial charge in [-0.05, 0) is 29.7 Å². The molecule has 0 saturated heterocycles. The van der Waals surface area contributed by atoms with Gasteiger partial charge in [0.05, 0.1) is 0 Å². The van der Waals surface area contributed by atoms with Gasteiger partial charge in [0.15, 0.2) is 6.54 Å². The van der Waals surface area contributed by atoms with Gasteiger partial charge in [0, 0.05) is 24.4 Å². The second-order valence-electron chi connectivity index (χ2n) is 5.67. The molecule has 1 amide bonds. The van der Waals surface area contributed by atoms with Crippen LogP contribution in [0.15, 0.2) is 77.1 Å². The molecular weight excluding hydrogens is 300 g/mol. The van der Waals surface area contributed by atoms with E-state index in [2.05, 4.69) is 50.9 Å². The second kappa shape index (κ2) is 7.49. The van der Waals surface area contributed by atoms with Gasteiger partial charge >= 0.3 is 5.91 Å². The Balaban J connectivity index is 1.56. The number of hydrogen-bond donors (Lipinski definition) is 0. The van der Waals surface area contributed by atoms with Crippen LogP contribution in [0.5, 0.6) is 0 Å². The zero-order valence-corrected chi connectivity index (χ0v) is 13.4. The predicted molar refractivity (Wildman–Crippen MR) is 92.3 cm³/mol. The maximum Gasteiger partial charge on any atom is 0.360 e. The zero-order chi connectivity index (χ0) is 16.8. The van der Waals surface area contributed by atoms with Crippen molar-refractivity contribution in [1.29, 1.82) is 0 Å². The third kappa shape index (κ3) is 3.83. The minimum absolute atomic E-state index is 0.341. The minimum Gasteiger partial charge on any atom is -0.369 e. The topological polar surface area (TPSA) is 59.1 Å². The van der Waals surface area contributed by atoms with E-state index in [4.69, 9.17) is 0 Å². The van der Waals surface area contributed by atoms with E-state index >= 15 is 0 Å². The molecule has 0 aromatic heterocycles. The molecule has 1 aliphatic heterocycles. The highest BCUT2D eigenvalue weighted by molar-refractivity contribution is 5.94. The van der Waals surface area contributed by atoms with E-state index in [0.29, 0.717) is 12.1 Å². The lowest BCUT2D eigenvalue weighted by Crippen LogP contribution is -2.30. The average Bonchev–Trinajstić information content (AvgIpc) is 2.65. The van der Waals surface area contributed by atoms with Crippen LogP contribution in [0.25, 0.3) is 0 Å². The molecule has 0 atom stereocenters. The summed E-state index contributed by atoms with van der Waals surface area (Å²) < 4.78 is 0. The molecule has 0 fully saturated rings. The van der Waals surface area contributed by atoms with Crippen LogP contribution in [0.2, 0.25) is 0 Å². The van der Waals surface area contributed by atoms with Crippen molar-refractivity contribution in [3.63, 3.8) is 0 Å². The Bertz CT molecular complexity index is 807. The highest BCUT2D eigenvalue weighted by atomic mass is 16.1. The Morgan fingerprint density at radius 3 is 2.58 bits per heavy atom. The molecule has 0 aliphatic carbocycles. The molecule has 0 saturated carbocycles. The van der Waals surface area contributed by atoms with E-state index in [9.17, 15) is 4.79 Å². The number of benzene rings is 2. The lowest BCUT2D eigenvalue weighted by molar-refractivity contribution is 0.0992. The van der Waals surface area contributed by atoms with E-state index < -0.39 is 5.91 Å². The molecule has 1 heterocycles. The molecule has 1 aliphatic rings. The molecule has 0 spiro atoms. The van der Waals surface area contributed by atoms with Crippen molar-refractivity contribution in [1.82, 2.24) is 9.81 Å². The van der Waals surface area contributed by atoms with Crippen LogP contribution in [0.3, 0.4) is 0 Å². The number of carbonyl (C=O) groups excluding carboxylic acids is 1. The van der Waals surface area contributed by atoms with Crippen molar-refractivity contribution in [2.24, 2.45) is 10.2 Å². The van der Waals surface area contributed by atoms with E-state index in [1.165, 1.54) is 11.1 Å². The van der Waals surface area contributed by atoms with Crippen molar-refractivity contribution >= 4 is 5.91 Å². The van der Waals surface area contributed by atoms with Crippen molar-refractivity contribution in [3.05, 3.63) is 83.6 Å². The summed E-state index contributed by atoms with van der Waals surface area (Å²) in [6.07, 6.45) is 1.00. The summed E-state index contributed by atoms with van der Waals surface area (Å²) in [4.78, 5) is 17.6. The van der Waals surface area contributed by atoms with E-state index in [1.807, 2.05) is 6.07 Å². The normalized spacial score (nSPS) is 12.8.